The van der Waals surface area contributed by atoms with Crippen LogP contribution in [-0.4, -0.2) is 12.0 Å². The maximum absolute atomic E-state index is 6.00. The van der Waals surface area contributed by atoms with Crippen LogP contribution in [0, 0.1) is 0 Å². The summed E-state index contributed by atoms with van der Waals surface area (Å²) in [6.07, 6.45) is 5.66. The smallest absolute Gasteiger partial charge is 0.193 e. The number of benzene rings is 1. The van der Waals surface area contributed by atoms with Crippen LogP contribution in [0.5, 0.6) is 0 Å². The Kier molecular flexibility index (Phi) is 6.62. The zero-order valence-electron chi connectivity index (χ0n) is 11.8. The summed E-state index contributed by atoms with van der Waals surface area (Å²) in [5.74, 6) is 0.565. The summed E-state index contributed by atoms with van der Waals surface area (Å²) in [5.41, 5.74) is 9.77. The second-order valence-corrected chi connectivity index (χ2v) is 4.88. The lowest BCUT2D eigenvalue weighted by Gasteiger charge is -2.22. The molecule has 0 amide bonds. The molecule has 19 heavy (non-hydrogen) atoms. The molecule has 1 fully saturated rings. The number of nitrogens with one attached hydrogen (secondary N) is 1. The second kappa shape index (κ2) is 7.72. The van der Waals surface area contributed by atoms with Crippen molar-refractivity contribution < 1.29 is 0 Å². The van der Waals surface area contributed by atoms with Gasteiger partial charge in [0.25, 0.3) is 0 Å². The van der Waals surface area contributed by atoms with Crippen LogP contribution >= 0.6 is 24.0 Å². The van der Waals surface area contributed by atoms with Crippen LogP contribution in [0.2, 0.25) is 0 Å². The van der Waals surface area contributed by atoms with E-state index in [1.807, 2.05) is 0 Å². The van der Waals surface area contributed by atoms with Crippen molar-refractivity contribution in [1.29, 1.82) is 0 Å². The van der Waals surface area contributed by atoms with Crippen LogP contribution in [0.3, 0.4) is 0 Å². The van der Waals surface area contributed by atoms with E-state index in [1.54, 1.807) is 0 Å². The van der Waals surface area contributed by atoms with Crippen molar-refractivity contribution in [1.82, 2.24) is 0 Å². The highest BCUT2D eigenvalue weighted by atomic mass is 127. The van der Waals surface area contributed by atoms with Gasteiger partial charge in [-0.05, 0) is 43.2 Å². The highest BCUT2D eigenvalue weighted by molar-refractivity contribution is 14.0. The predicted molar refractivity (Wildman–Crippen MR) is 93.5 cm³/mol. The monoisotopic (exact) mass is 373 g/mol. The van der Waals surface area contributed by atoms with E-state index < -0.39 is 0 Å². The van der Waals surface area contributed by atoms with Crippen LogP contribution in [0.15, 0.2) is 23.2 Å². The number of nitrogens with two attached hydrogens (primary N) is 1. The number of hydrogen-bond donors (Lipinski definition) is 2. The van der Waals surface area contributed by atoms with Crippen LogP contribution in [0.1, 0.15) is 44.2 Å². The van der Waals surface area contributed by atoms with Crippen molar-refractivity contribution >= 4 is 35.6 Å². The fourth-order valence-electron chi connectivity index (χ4n) is 2.28. The molecule has 1 aliphatic carbocycles. The van der Waals surface area contributed by atoms with E-state index >= 15 is 0 Å². The molecule has 0 spiro atoms. The molecule has 0 unspecified atom stereocenters. The van der Waals surface area contributed by atoms with E-state index in [4.69, 9.17) is 5.73 Å². The molecular weight excluding hydrogens is 349 g/mol. The molecule has 1 saturated carbocycles. The lowest BCUT2D eigenvalue weighted by molar-refractivity contribution is 0.420. The topological polar surface area (TPSA) is 50.4 Å². The Morgan fingerprint density at radius 1 is 1.26 bits per heavy atom. The zero-order chi connectivity index (χ0) is 13.0. The van der Waals surface area contributed by atoms with E-state index in [9.17, 15) is 0 Å². The first-order chi connectivity index (χ1) is 8.74. The quantitative estimate of drug-likeness (QED) is 0.480. The summed E-state index contributed by atoms with van der Waals surface area (Å²) in [5, 5.41) is 3.31. The normalized spacial score (nSPS) is 15.6. The van der Waals surface area contributed by atoms with Gasteiger partial charge in [-0.3, -0.25) is 0 Å². The number of rotatable bonds is 4. The SMILES string of the molecule is CCc1cccc(CC)c1NC(N)=NC1CCC1.I. The van der Waals surface area contributed by atoms with Gasteiger partial charge in [0.05, 0.1) is 6.04 Å². The number of aliphatic imine (C=N–C) groups is 1. The van der Waals surface area contributed by atoms with Gasteiger partial charge in [-0.2, -0.15) is 0 Å². The standard InChI is InChI=1S/C15H23N3.HI/c1-3-11-7-5-8-12(4-2)14(11)18-15(16)17-13-9-6-10-13;/h5,7-8,13H,3-4,6,9-10H2,1-2H3,(H3,16,17,18);1H. The van der Waals surface area contributed by atoms with Crippen LogP contribution in [0.4, 0.5) is 5.69 Å². The van der Waals surface area contributed by atoms with Crippen LogP contribution < -0.4 is 11.1 Å². The van der Waals surface area contributed by atoms with Crippen molar-refractivity contribution in [2.75, 3.05) is 5.32 Å². The first-order valence-corrected chi connectivity index (χ1v) is 6.95. The van der Waals surface area contributed by atoms with Crippen LogP contribution in [0.25, 0.3) is 0 Å². The number of anilines is 1. The zero-order valence-corrected chi connectivity index (χ0v) is 14.1. The summed E-state index contributed by atoms with van der Waals surface area (Å²) in [6, 6.07) is 6.86. The fourth-order valence-corrected chi connectivity index (χ4v) is 2.28. The third kappa shape index (κ3) is 4.09. The minimum absolute atomic E-state index is 0. The summed E-state index contributed by atoms with van der Waals surface area (Å²) in [7, 11) is 0. The summed E-state index contributed by atoms with van der Waals surface area (Å²) >= 11 is 0. The third-order valence-electron chi connectivity index (χ3n) is 3.65. The van der Waals surface area contributed by atoms with Gasteiger partial charge in [0, 0.05) is 5.69 Å². The molecule has 1 aromatic carbocycles. The average Bonchev–Trinajstić information content (AvgIpc) is 2.34. The molecule has 1 aliphatic rings. The second-order valence-electron chi connectivity index (χ2n) is 4.88. The summed E-state index contributed by atoms with van der Waals surface area (Å²) in [4.78, 5) is 4.51. The van der Waals surface area contributed by atoms with Crippen molar-refractivity contribution in [3.05, 3.63) is 29.3 Å². The molecule has 106 valence electrons. The molecule has 0 aliphatic heterocycles. The Balaban J connectivity index is 0.00000180. The number of aryl methyl sites for hydroxylation is 2. The molecular formula is C15H24IN3. The van der Waals surface area contributed by atoms with Gasteiger partial charge in [-0.1, -0.05) is 32.0 Å². The fraction of sp³-hybridized carbons (Fsp3) is 0.533. The van der Waals surface area contributed by atoms with Crippen molar-refractivity contribution in [3.63, 3.8) is 0 Å². The lowest BCUT2D eigenvalue weighted by Crippen LogP contribution is -2.28. The van der Waals surface area contributed by atoms with Crippen molar-refractivity contribution in [2.24, 2.45) is 10.7 Å². The Morgan fingerprint density at radius 3 is 2.26 bits per heavy atom. The average molecular weight is 373 g/mol. The molecule has 0 atom stereocenters. The molecule has 2 rings (SSSR count). The molecule has 1 aromatic rings. The molecule has 3 N–H and O–H groups in total. The Bertz CT molecular complexity index is 417. The number of guanidine groups is 1. The number of halogens is 1. The van der Waals surface area contributed by atoms with Gasteiger partial charge >= 0.3 is 0 Å². The van der Waals surface area contributed by atoms with Crippen molar-refractivity contribution in [3.8, 4) is 0 Å². The van der Waals surface area contributed by atoms with Gasteiger partial charge in [0.2, 0.25) is 0 Å². The van der Waals surface area contributed by atoms with Gasteiger partial charge in [-0.15, -0.1) is 24.0 Å². The number of nitrogens with zero attached hydrogens (tertiary/aromatic N) is 1. The maximum Gasteiger partial charge on any atom is 0.193 e. The highest BCUT2D eigenvalue weighted by Crippen LogP contribution is 2.24. The maximum atomic E-state index is 6.00. The Labute approximate surface area is 133 Å². The van der Waals surface area contributed by atoms with E-state index in [0.717, 1.165) is 18.5 Å². The minimum Gasteiger partial charge on any atom is -0.370 e. The minimum atomic E-state index is 0. The van der Waals surface area contributed by atoms with E-state index in [2.05, 4.69) is 42.4 Å². The Morgan fingerprint density at radius 2 is 1.84 bits per heavy atom. The van der Waals surface area contributed by atoms with Crippen molar-refractivity contribution in [2.45, 2.75) is 52.0 Å². The molecule has 0 saturated heterocycles. The molecule has 0 aromatic heterocycles. The first-order valence-electron chi connectivity index (χ1n) is 6.95. The largest absolute Gasteiger partial charge is 0.370 e. The first kappa shape index (κ1) is 16.3. The molecule has 0 radical (unpaired) electrons. The molecule has 0 heterocycles. The van der Waals surface area contributed by atoms with Gasteiger partial charge in [0.15, 0.2) is 5.96 Å². The molecule has 3 nitrogen and oxygen atoms in total. The number of para-hydroxylation sites is 1. The lowest BCUT2D eigenvalue weighted by atomic mass is 9.94. The molecule has 0 bridgehead atoms. The number of hydrogen-bond acceptors (Lipinski definition) is 1. The van der Waals surface area contributed by atoms with Gasteiger partial charge in [0.1, 0.15) is 0 Å². The molecule has 4 heteroatoms. The van der Waals surface area contributed by atoms with Gasteiger partial charge in [-0.25, -0.2) is 4.99 Å². The predicted octanol–water partition coefficient (Wildman–Crippen LogP) is 3.71. The van der Waals surface area contributed by atoms with E-state index in [0.29, 0.717) is 12.0 Å². The van der Waals surface area contributed by atoms with Crippen LogP contribution in [-0.2, 0) is 12.8 Å². The third-order valence-corrected chi connectivity index (χ3v) is 3.65. The Hall–Kier alpha value is -0.780. The van der Waals surface area contributed by atoms with E-state index in [-0.39, 0.29) is 24.0 Å². The van der Waals surface area contributed by atoms with E-state index in [1.165, 1.54) is 30.4 Å². The van der Waals surface area contributed by atoms with Gasteiger partial charge < -0.3 is 11.1 Å². The highest BCUT2D eigenvalue weighted by Gasteiger charge is 2.16. The summed E-state index contributed by atoms with van der Waals surface area (Å²) in [6.45, 7) is 4.33. The summed E-state index contributed by atoms with van der Waals surface area (Å²) < 4.78 is 0.